The molecule has 1 aliphatic carbocycles. The molecule has 0 saturated heterocycles. The molecule has 112 valence electrons. The predicted octanol–water partition coefficient (Wildman–Crippen LogP) is 4.07. The van der Waals surface area contributed by atoms with Gasteiger partial charge in [0.05, 0.1) is 10.6 Å². The molecular weight excluding hydrogens is 280 g/mol. The highest BCUT2D eigenvalue weighted by Gasteiger charge is 2.39. The van der Waals surface area contributed by atoms with Crippen LogP contribution in [0.25, 0.3) is 10.4 Å². The lowest BCUT2D eigenvalue weighted by molar-refractivity contribution is -0.0392. The SMILES string of the molecule is CCOC1(c2nc(CN)c(-c3ccccc3)s2)CCCC1. The first-order valence-corrected chi connectivity index (χ1v) is 8.50. The first-order valence-electron chi connectivity index (χ1n) is 7.68. The van der Waals surface area contributed by atoms with Crippen LogP contribution in [-0.4, -0.2) is 11.6 Å². The van der Waals surface area contributed by atoms with Gasteiger partial charge in [-0.2, -0.15) is 0 Å². The first-order chi connectivity index (χ1) is 10.3. The Kier molecular flexibility index (Phi) is 4.38. The molecule has 0 bridgehead atoms. The van der Waals surface area contributed by atoms with Crippen molar-refractivity contribution in [1.29, 1.82) is 0 Å². The van der Waals surface area contributed by atoms with E-state index >= 15 is 0 Å². The van der Waals surface area contributed by atoms with Crippen molar-refractivity contribution in [2.75, 3.05) is 6.61 Å². The van der Waals surface area contributed by atoms with E-state index in [2.05, 4.69) is 31.2 Å². The van der Waals surface area contributed by atoms with Gasteiger partial charge in [-0.25, -0.2) is 4.98 Å². The van der Waals surface area contributed by atoms with E-state index in [1.807, 2.05) is 6.07 Å². The zero-order chi connectivity index (χ0) is 14.7. The topological polar surface area (TPSA) is 48.1 Å². The molecule has 0 atom stereocenters. The van der Waals surface area contributed by atoms with Crippen molar-refractivity contribution in [3.63, 3.8) is 0 Å². The summed E-state index contributed by atoms with van der Waals surface area (Å²) in [4.78, 5) is 6.04. The third-order valence-electron chi connectivity index (χ3n) is 4.15. The van der Waals surface area contributed by atoms with Crippen molar-refractivity contribution >= 4 is 11.3 Å². The van der Waals surface area contributed by atoms with E-state index in [-0.39, 0.29) is 5.60 Å². The van der Waals surface area contributed by atoms with Crippen LogP contribution in [0.3, 0.4) is 0 Å². The van der Waals surface area contributed by atoms with Gasteiger partial charge in [0.1, 0.15) is 10.6 Å². The van der Waals surface area contributed by atoms with Crippen molar-refractivity contribution in [2.24, 2.45) is 5.73 Å². The number of aromatic nitrogens is 1. The second-order valence-corrected chi connectivity index (χ2v) is 6.50. The van der Waals surface area contributed by atoms with E-state index in [1.54, 1.807) is 11.3 Å². The van der Waals surface area contributed by atoms with Crippen LogP contribution in [0, 0.1) is 0 Å². The lowest BCUT2D eigenvalue weighted by Gasteiger charge is -2.26. The molecule has 2 aromatic rings. The van der Waals surface area contributed by atoms with Crippen LogP contribution >= 0.6 is 11.3 Å². The highest BCUT2D eigenvalue weighted by molar-refractivity contribution is 7.15. The number of thiazole rings is 1. The summed E-state index contributed by atoms with van der Waals surface area (Å²) >= 11 is 1.76. The lowest BCUT2D eigenvalue weighted by Crippen LogP contribution is -2.26. The molecule has 21 heavy (non-hydrogen) atoms. The minimum absolute atomic E-state index is 0.170. The van der Waals surface area contributed by atoms with Crippen LogP contribution in [0.5, 0.6) is 0 Å². The second-order valence-electron chi connectivity index (χ2n) is 5.50. The van der Waals surface area contributed by atoms with Gasteiger partial charge in [0, 0.05) is 13.2 Å². The molecule has 1 saturated carbocycles. The zero-order valence-corrected chi connectivity index (χ0v) is 13.3. The smallest absolute Gasteiger partial charge is 0.126 e. The van der Waals surface area contributed by atoms with Crippen molar-refractivity contribution in [3.05, 3.63) is 41.0 Å². The summed E-state index contributed by atoms with van der Waals surface area (Å²) in [5, 5.41) is 1.11. The number of nitrogens with zero attached hydrogens (tertiary/aromatic N) is 1. The summed E-state index contributed by atoms with van der Waals surface area (Å²) in [6.07, 6.45) is 4.59. The summed E-state index contributed by atoms with van der Waals surface area (Å²) in [7, 11) is 0. The standard InChI is InChI=1S/C17H22N2OS/c1-2-20-17(10-6-7-11-17)16-19-14(12-18)15(21-16)13-8-4-3-5-9-13/h3-5,8-9H,2,6-7,10-12,18H2,1H3. The monoisotopic (exact) mass is 302 g/mol. The molecule has 3 nitrogen and oxygen atoms in total. The molecule has 1 fully saturated rings. The van der Waals surface area contributed by atoms with Crippen molar-refractivity contribution < 1.29 is 4.74 Å². The van der Waals surface area contributed by atoms with Gasteiger partial charge in [-0.3, -0.25) is 0 Å². The Labute approximate surface area is 130 Å². The molecular formula is C17H22N2OS. The number of hydrogen-bond donors (Lipinski definition) is 1. The van der Waals surface area contributed by atoms with Gasteiger partial charge in [-0.15, -0.1) is 11.3 Å². The fraction of sp³-hybridized carbons (Fsp3) is 0.471. The Morgan fingerprint density at radius 3 is 2.57 bits per heavy atom. The quantitative estimate of drug-likeness (QED) is 0.905. The molecule has 0 unspecified atom stereocenters. The highest BCUT2D eigenvalue weighted by Crippen LogP contribution is 2.46. The van der Waals surface area contributed by atoms with Gasteiger partial charge >= 0.3 is 0 Å². The fourth-order valence-corrected chi connectivity index (χ4v) is 4.44. The molecule has 0 radical (unpaired) electrons. The van der Waals surface area contributed by atoms with Crippen LogP contribution in [0.4, 0.5) is 0 Å². The minimum atomic E-state index is -0.170. The van der Waals surface area contributed by atoms with E-state index in [4.69, 9.17) is 15.5 Å². The maximum absolute atomic E-state index is 6.13. The van der Waals surface area contributed by atoms with Gasteiger partial charge < -0.3 is 10.5 Å². The summed E-state index contributed by atoms with van der Waals surface area (Å²) in [6.45, 7) is 3.27. The normalized spacial score (nSPS) is 17.2. The Morgan fingerprint density at radius 2 is 1.95 bits per heavy atom. The Hall–Kier alpha value is -1.23. The third kappa shape index (κ3) is 2.76. The lowest BCUT2D eigenvalue weighted by atomic mass is 10.0. The summed E-state index contributed by atoms with van der Waals surface area (Å²) < 4.78 is 6.13. The van der Waals surface area contributed by atoms with Crippen LogP contribution < -0.4 is 5.73 Å². The number of rotatable bonds is 5. The van der Waals surface area contributed by atoms with Crippen LogP contribution in [0.1, 0.15) is 43.3 Å². The van der Waals surface area contributed by atoms with Crippen LogP contribution in [0.2, 0.25) is 0 Å². The Bertz CT molecular complexity index is 588. The number of hydrogen-bond acceptors (Lipinski definition) is 4. The Balaban J connectivity index is 2.03. The minimum Gasteiger partial charge on any atom is -0.368 e. The van der Waals surface area contributed by atoms with E-state index in [1.165, 1.54) is 23.3 Å². The molecule has 1 aromatic heterocycles. The average molecular weight is 302 g/mol. The average Bonchev–Trinajstić information content (AvgIpc) is 3.15. The maximum Gasteiger partial charge on any atom is 0.126 e. The summed E-state index contributed by atoms with van der Waals surface area (Å²) in [5.41, 5.74) is 7.94. The summed E-state index contributed by atoms with van der Waals surface area (Å²) in [5.74, 6) is 0. The third-order valence-corrected chi connectivity index (χ3v) is 5.48. The first kappa shape index (κ1) is 14.7. The van der Waals surface area contributed by atoms with Gasteiger partial charge in [-0.1, -0.05) is 43.2 Å². The van der Waals surface area contributed by atoms with Gasteiger partial charge in [-0.05, 0) is 25.3 Å². The molecule has 4 heteroatoms. The van der Waals surface area contributed by atoms with E-state index < -0.39 is 0 Å². The van der Waals surface area contributed by atoms with Crippen molar-refractivity contribution in [3.8, 4) is 10.4 Å². The number of nitrogens with two attached hydrogens (primary N) is 1. The second kappa shape index (κ2) is 6.26. The predicted molar refractivity (Wildman–Crippen MR) is 87.2 cm³/mol. The largest absolute Gasteiger partial charge is 0.368 e. The molecule has 0 amide bonds. The maximum atomic E-state index is 6.13. The van der Waals surface area contributed by atoms with Crippen molar-refractivity contribution in [1.82, 2.24) is 4.98 Å². The van der Waals surface area contributed by atoms with Gasteiger partial charge in [0.25, 0.3) is 0 Å². The highest BCUT2D eigenvalue weighted by atomic mass is 32.1. The molecule has 3 rings (SSSR count). The summed E-state index contributed by atoms with van der Waals surface area (Å²) in [6, 6.07) is 10.4. The fourth-order valence-electron chi connectivity index (χ4n) is 3.14. The van der Waals surface area contributed by atoms with Crippen LogP contribution in [0.15, 0.2) is 30.3 Å². The van der Waals surface area contributed by atoms with Gasteiger partial charge in [0.15, 0.2) is 0 Å². The molecule has 1 aliphatic rings. The molecule has 1 aromatic carbocycles. The molecule has 1 heterocycles. The molecule has 0 aliphatic heterocycles. The van der Waals surface area contributed by atoms with E-state index in [0.717, 1.165) is 30.2 Å². The zero-order valence-electron chi connectivity index (χ0n) is 12.5. The van der Waals surface area contributed by atoms with E-state index in [9.17, 15) is 0 Å². The van der Waals surface area contributed by atoms with Gasteiger partial charge in [0.2, 0.25) is 0 Å². The number of benzene rings is 1. The van der Waals surface area contributed by atoms with Crippen molar-refractivity contribution in [2.45, 2.75) is 44.8 Å². The van der Waals surface area contributed by atoms with E-state index in [0.29, 0.717) is 6.54 Å². The Morgan fingerprint density at radius 1 is 1.24 bits per heavy atom. The number of ether oxygens (including phenoxy) is 1. The van der Waals surface area contributed by atoms with Crippen LogP contribution in [-0.2, 0) is 16.9 Å². The molecule has 0 spiro atoms. The molecule has 2 N–H and O–H groups in total.